The minimum absolute atomic E-state index is 0.338. The molecule has 0 unspecified atom stereocenters. The van der Waals surface area contributed by atoms with E-state index in [0.29, 0.717) is 18.8 Å². The van der Waals surface area contributed by atoms with Crippen LogP contribution in [0.2, 0.25) is 0 Å². The Balaban J connectivity index is 1.43. The third-order valence-electron chi connectivity index (χ3n) is 4.71. The second-order valence-corrected chi connectivity index (χ2v) is 6.47. The van der Waals surface area contributed by atoms with Gasteiger partial charge in [-0.15, -0.1) is 5.10 Å². The van der Waals surface area contributed by atoms with Gasteiger partial charge in [-0.2, -0.15) is 5.26 Å². The fourth-order valence-electron chi connectivity index (χ4n) is 3.11. The number of cyclic esters (lactones) is 1. The first-order chi connectivity index (χ1) is 12.6. The van der Waals surface area contributed by atoms with Gasteiger partial charge in [0.1, 0.15) is 11.8 Å². The number of nitrogens with zero attached hydrogens (tertiary/aromatic N) is 6. The van der Waals surface area contributed by atoms with Crippen LogP contribution in [-0.2, 0) is 16.7 Å². The van der Waals surface area contributed by atoms with Crippen LogP contribution in [0.1, 0.15) is 24.1 Å². The van der Waals surface area contributed by atoms with Gasteiger partial charge >= 0.3 is 6.09 Å². The van der Waals surface area contributed by atoms with Gasteiger partial charge in [0.15, 0.2) is 0 Å². The maximum Gasteiger partial charge on any atom is 0.414 e. The molecule has 1 aliphatic heterocycles. The molecular formula is C17H16N6O3. The predicted octanol–water partition coefficient (Wildman–Crippen LogP) is 1.67. The minimum atomic E-state index is -0.415. The normalized spacial score (nSPS) is 21.0. The first-order valence-corrected chi connectivity index (χ1v) is 8.21. The van der Waals surface area contributed by atoms with E-state index < -0.39 is 6.09 Å². The van der Waals surface area contributed by atoms with Crippen LogP contribution < -0.4 is 4.90 Å². The minimum Gasteiger partial charge on any atom is -0.442 e. The average molecular weight is 352 g/mol. The van der Waals surface area contributed by atoms with Crippen molar-refractivity contribution in [2.75, 3.05) is 11.4 Å². The summed E-state index contributed by atoms with van der Waals surface area (Å²) < 4.78 is 6.93. The molecule has 9 nitrogen and oxygen atoms in total. The molecule has 1 atom stereocenters. The van der Waals surface area contributed by atoms with Gasteiger partial charge in [-0.3, -0.25) is 4.90 Å². The zero-order valence-electron chi connectivity index (χ0n) is 13.8. The molecule has 26 heavy (non-hydrogen) atoms. The molecule has 2 aliphatic rings. The van der Waals surface area contributed by atoms with Gasteiger partial charge in [-0.25, -0.2) is 9.48 Å². The monoisotopic (exact) mass is 352 g/mol. The van der Waals surface area contributed by atoms with Crippen molar-refractivity contribution >= 4 is 18.0 Å². The van der Waals surface area contributed by atoms with Gasteiger partial charge in [0.05, 0.1) is 37.0 Å². The van der Waals surface area contributed by atoms with Gasteiger partial charge in [0, 0.05) is 5.69 Å². The van der Waals surface area contributed by atoms with E-state index in [9.17, 15) is 10.1 Å². The van der Waals surface area contributed by atoms with Gasteiger partial charge in [-0.1, -0.05) is 22.5 Å². The van der Waals surface area contributed by atoms with E-state index >= 15 is 0 Å². The van der Waals surface area contributed by atoms with E-state index in [0.717, 1.165) is 24.1 Å². The number of hydrogen-bond donors (Lipinski definition) is 1. The van der Waals surface area contributed by atoms with Crippen LogP contribution in [0.15, 0.2) is 35.6 Å². The molecular weight excluding hydrogens is 336 g/mol. The summed E-state index contributed by atoms with van der Waals surface area (Å²) in [6.07, 6.45) is 3.77. The summed E-state index contributed by atoms with van der Waals surface area (Å²) in [4.78, 5) is 13.7. The molecule has 1 amide bonds. The number of aromatic nitrogens is 3. The van der Waals surface area contributed by atoms with Gasteiger partial charge in [0.2, 0.25) is 0 Å². The number of amides is 1. The van der Waals surface area contributed by atoms with Crippen molar-refractivity contribution in [2.24, 2.45) is 5.16 Å². The second-order valence-electron chi connectivity index (χ2n) is 6.47. The van der Waals surface area contributed by atoms with E-state index in [-0.39, 0.29) is 11.5 Å². The van der Waals surface area contributed by atoms with Crippen molar-refractivity contribution < 1.29 is 14.7 Å². The first kappa shape index (κ1) is 16.1. The van der Waals surface area contributed by atoms with Crippen LogP contribution in [0.4, 0.5) is 10.5 Å². The summed E-state index contributed by atoms with van der Waals surface area (Å²) in [5.41, 5.74) is 1.81. The number of anilines is 1. The Morgan fingerprint density at radius 2 is 2.19 bits per heavy atom. The average Bonchev–Trinajstić information content (AvgIpc) is 3.20. The lowest BCUT2D eigenvalue weighted by Crippen LogP contribution is -2.26. The third-order valence-corrected chi connectivity index (χ3v) is 4.71. The molecule has 2 aromatic rings. The van der Waals surface area contributed by atoms with Crippen LogP contribution in [0.5, 0.6) is 0 Å². The lowest BCUT2D eigenvalue weighted by molar-refractivity contribution is 0.129. The van der Waals surface area contributed by atoms with Crippen LogP contribution in [0, 0.1) is 11.3 Å². The molecule has 4 rings (SSSR count). The smallest absolute Gasteiger partial charge is 0.414 e. The largest absolute Gasteiger partial charge is 0.442 e. The number of carbonyl (C=O) groups excluding carboxylic acids is 1. The zero-order chi connectivity index (χ0) is 18.1. The molecule has 1 aromatic heterocycles. The Morgan fingerprint density at radius 1 is 1.42 bits per heavy atom. The SMILES string of the molecule is N#CC1(c2ccc(N3C[C@H](Cn4cc(C=NO)nn4)OC3=O)cc2)CC1. The Hall–Kier alpha value is -3.41. The predicted molar refractivity (Wildman–Crippen MR) is 90.0 cm³/mol. The van der Waals surface area contributed by atoms with Crippen LogP contribution in [0.3, 0.4) is 0 Å². The van der Waals surface area contributed by atoms with Crippen molar-refractivity contribution in [3.8, 4) is 6.07 Å². The Morgan fingerprint density at radius 3 is 2.85 bits per heavy atom. The van der Waals surface area contributed by atoms with Crippen molar-refractivity contribution in [3.05, 3.63) is 41.7 Å². The van der Waals surface area contributed by atoms with Crippen LogP contribution in [-0.4, -0.2) is 45.2 Å². The van der Waals surface area contributed by atoms with Crippen molar-refractivity contribution in [2.45, 2.75) is 30.9 Å². The van der Waals surface area contributed by atoms with E-state index in [4.69, 9.17) is 9.94 Å². The Labute approximate surface area is 149 Å². The Kier molecular flexibility index (Phi) is 3.80. The summed E-state index contributed by atoms with van der Waals surface area (Å²) in [5.74, 6) is 0. The van der Waals surface area contributed by atoms with Gasteiger partial charge < -0.3 is 9.94 Å². The molecule has 0 radical (unpaired) electrons. The highest BCUT2D eigenvalue weighted by atomic mass is 16.6. The maximum absolute atomic E-state index is 12.2. The van der Waals surface area contributed by atoms with Crippen molar-refractivity contribution in [3.63, 3.8) is 0 Å². The fraction of sp³-hybridized carbons (Fsp3) is 0.353. The number of ether oxygens (including phenoxy) is 1. The number of hydrogen-bond acceptors (Lipinski definition) is 7. The van der Waals surface area contributed by atoms with Crippen molar-refractivity contribution in [1.29, 1.82) is 5.26 Å². The van der Waals surface area contributed by atoms with Crippen LogP contribution >= 0.6 is 0 Å². The molecule has 2 fully saturated rings. The number of nitriles is 1. The lowest BCUT2D eigenvalue weighted by atomic mass is 9.97. The standard InChI is InChI=1S/C17H16N6O3/c18-11-17(5-6-17)12-1-3-14(4-2-12)23-10-15(26-16(23)24)9-22-8-13(7-19-25)20-21-22/h1-4,7-8,15,25H,5-6,9-10H2/t15-/m0/s1. The molecule has 0 bridgehead atoms. The van der Waals surface area contributed by atoms with E-state index in [2.05, 4.69) is 21.5 Å². The number of rotatable bonds is 5. The van der Waals surface area contributed by atoms with Gasteiger partial charge in [-0.05, 0) is 30.5 Å². The van der Waals surface area contributed by atoms with Crippen molar-refractivity contribution in [1.82, 2.24) is 15.0 Å². The molecule has 132 valence electrons. The molecule has 9 heteroatoms. The summed E-state index contributed by atoms with van der Waals surface area (Å²) in [6, 6.07) is 9.88. The summed E-state index contributed by atoms with van der Waals surface area (Å²) >= 11 is 0. The molecule has 0 spiro atoms. The van der Waals surface area contributed by atoms with E-state index in [1.165, 1.54) is 10.9 Å². The van der Waals surface area contributed by atoms with E-state index in [1.54, 1.807) is 11.1 Å². The maximum atomic E-state index is 12.2. The molecule has 1 aliphatic carbocycles. The zero-order valence-corrected chi connectivity index (χ0v) is 13.8. The third kappa shape index (κ3) is 2.86. The summed E-state index contributed by atoms with van der Waals surface area (Å²) in [5, 5.41) is 28.4. The molecule has 1 saturated carbocycles. The molecule has 2 heterocycles. The van der Waals surface area contributed by atoms with Crippen LogP contribution in [0.25, 0.3) is 0 Å². The van der Waals surface area contributed by atoms with Gasteiger partial charge in [0.25, 0.3) is 0 Å². The Bertz CT molecular complexity index is 894. The highest BCUT2D eigenvalue weighted by molar-refractivity contribution is 5.89. The number of oxime groups is 1. The number of benzene rings is 1. The lowest BCUT2D eigenvalue weighted by Gasteiger charge is -2.14. The second kappa shape index (κ2) is 6.15. The molecule has 1 saturated heterocycles. The summed E-state index contributed by atoms with van der Waals surface area (Å²) in [7, 11) is 0. The van der Waals surface area contributed by atoms with E-state index in [1.807, 2.05) is 24.3 Å². The quantitative estimate of drug-likeness (QED) is 0.497. The molecule has 1 N–H and O–H groups in total. The first-order valence-electron chi connectivity index (χ1n) is 8.21. The summed E-state index contributed by atoms with van der Waals surface area (Å²) in [6.45, 7) is 0.745. The topological polar surface area (TPSA) is 117 Å². The molecule has 1 aromatic carbocycles. The highest BCUT2D eigenvalue weighted by Gasteiger charge is 2.45. The number of carbonyl (C=O) groups is 1. The fourth-order valence-corrected chi connectivity index (χ4v) is 3.11. The highest BCUT2D eigenvalue weighted by Crippen LogP contribution is 2.47.